The molecule has 6 amide bonds. The number of benzene rings is 2. The number of amides is 6. The second kappa shape index (κ2) is 22.6. The highest BCUT2D eigenvalue weighted by Gasteiger charge is 2.45. The molecule has 3 aromatic rings. The molecule has 0 saturated carbocycles. The number of hydrogen-bond acceptors (Lipinski definition) is 15. The fourth-order valence-electron chi connectivity index (χ4n) is 8.61. The van der Waals surface area contributed by atoms with Crippen LogP contribution in [-0.4, -0.2) is 158 Å². The Balaban J connectivity index is 0.725. The number of imide groups is 2. The number of fused-ring (bicyclic) bond motifs is 2. The van der Waals surface area contributed by atoms with E-state index in [0.717, 1.165) is 21.8 Å². The van der Waals surface area contributed by atoms with Crippen molar-refractivity contribution in [2.24, 2.45) is 0 Å². The zero-order valence-corrected chi connectivity index (χ0v) is 37.1. The van der Waals surface area contributed by atoms with Crippen molar-refractivity contribution in [1.82, 2.24) is 35.7 Å². The van der Waals surface area contributed by atoms with Crippen LogP contribution in [0.1, 0.15) is 88.1 Å². The lowest BCUT2D eigenvalue weighted by molar-refractivity contribution is -0.136. The zero-order chi connectivity index (χ0) is 45.9. The van der Waals surface area contributed by atoms with E-state index in [0.29, 0.717) is 108 Å². The number of nitrogens with zero attached hydrogens (tertiary/aromatic N) is 5. The van der Waals surface area contributed by atoms with E-state index in [9.17, 15) is 33.9 Å². The van der Waals surface area contributed by atoms with Gasteiger partial charge >= 0.3 is 0 Å². The molecule has 0 bridgehead atoms. The standard InChI is InChI=1S/C45H56ClN9O10/c1-28-25-35(56)40-38(28)41(51-27-50-40)53-15-17-54(18-16-53)43(60)32(29-5-7-30(46)8-6-29)26-47-12-13-49-36(57)11-19-63-21-23-65-24-22-64-20-14-48-33-4-2-3-31-39(33)45(62)55(44(31)61)34-9-10-37(58)52-42(34)59/h2-8,27-28,32,34-35,47-48,56H,9-26H2,1H3,(H,49,57)(H,52,58,59)/t28-,32?,34?,35-/m1/s1. The number of nitrogens with one attached hydrogen (secondary N) is 4. The van der Waals surface area contributed by atoms with Crippen molar-refractivity contribution in [2.75, 3.05) is 102 Å². The monoisotopic (exact) mass is 917 g/mol. The number of piperazine rings is 1. The van der Waals surface area contributed by atoms with Crippen molar-refractivity contribution in [3.05, 3.63) is 81.8 Å². The van der Waals surface area contributed by atoms with Crippen LogP contribution in [0.4, 0.5) is 11.5 Å². The molecule has 2 saturated heterocycles. The van der Waals surface area contributed by atoms with Gasteiger partial charge in [0.05, 0.1) is 68.5 Å². The Morgan fingerprint density at radius 1 is 0.892 bits per heavy atom. The summed E-state index contributed by atoms with van der Waals surface area (Å²) in [6.07, 6.45) is 1.87. The first-order chi connectivity index (χ1) is 31.5. The molecule has 2 aromatic carbocycles. The van der Waals surface area contributed by atoms with Gasteiger partial charge in [0.25, 0.3) is 11.8 Å². The first kappa shape index (κ1) is 47.4. The van der Waals surface area contributed by atoms with E-state index in [-0.39, 0.29) is 54.7 Å². The van der Waals surface area contributed by atoms with Gasteiger partial charge in [0, 0.05) is 81.5 Å². The van der Waals surface area contributed by atoms with Gasteiger partial charge in [-0.2, -0.15) is 0 Å². The van der Waals surface area contributed by atoms with Crippen molar-refractivity contribution < 1.29 is 48.1 Å². The van der Waals surface area contributed by atoms with E-state index in [2.05, 4.69) is 43.1 Å². The summed E-state index contributed by atoms with van der Waals surface area (Å²) < 4.78 is 16.7. The molecule has 65 heavy (non-hydrogen) atoms. The fraction of sp³-hybridized carbons (Fsp3) is 0.511. The average molecular weight is 918 g/mol. The number of piperidine rings is 1. The molecular weight excluding hydrogens is 862 g/mol. The number of rotatable bonds is 22. The van der Waals surface area contributed by atoms with Crippen LogP contribution in [0.3, 0.4) is 0 Å². The number of anilines is 2. The Bertz CT molecular complexity index is 2210. The summed E-state index contributed by atoms with van der Waals surface area (Å²) in [6.45, 7) is 7.74. The Kier molecular flexibility index (Phi) is 16.4. The molecule has 5 N–H and O–H groups in total. The Labute approximate surface area is 381 Å². The lowest BCUT2D eigenvalue weighted by Crippen LogP contribution is -2.54. The second-order valence-corrected chi connectivity index (χ2v) is 16.7. The van der Waals surface area contributed by atoms with Crippen molar-refractivity contribution >= 4 is 58.5 Å². The van der Waals surface area contributed by atoms with E-state index in [4.69, 9.17) is 25.8 Å². The molecule has 1 aromatic heterocycles. The third-order valence-corrected chi connectivity index (χ3v) is 12.2. The van der Waals surface area contributed by atoms with E-state index in [1.54, 1.807) is 24.3 Å². The number of aliphatic hydroxyl groups is 1. The highest BCUT2D eigenvalue weighted by molar-refractivity contribution is 6.30. The van der Waals surface area contributed by atoms with Crippen LogP contribution in [0, 0.1) is 0 Å². The summed E-state index contributed by atoms with van der Waals surface area (Å²) in [6, 6.07) is 11.1. The number of aromatic nitrogens is 2. The second-order valence-electron chi connectivity index (χ2n) is 16.3. The first-order valence-corrected chi connectivity index (χ1v) is 22.5. The Morgan fingerprint density at radius 3 is 2.35 bits per heavy atom. The quantitative estimate of drug-likeness (QED) is 0.0714. The third-order valence-electron chi connectivity index (χ3n) is 12.0. The van der Waals surface area contributed by atoms with Crippen LogP contribution in [0.15, 0.2) is 48.8 Å². The predicted molar refractivity (Wildman–Crippen MR) is 238 cm³/mol. The van der Waals surface area contributed by atoms with E-state index >= 15 is 0 Å². The van der Waals surface area contributed by atoms with E-state index in [1.165, 1.54) is 12.4 Å². The van der Waals surface area contributed by atoms with E-state index < -0.39 is 41.7 Å². The maximum atomic E-state index is 14.0. The number of aliphatic hydroxyl groups excluding tert-OH is 1. The summed E-state index contributed by atoms with van der Waals surface area (Å²) >= 11 is 6.17. The van der Waals surface area contributed by atoms with Gasteiger partial charge in [0.2, 0.25) is 23.6 Å². The van der Waals surface area contributed by atoms with Crippen LogP contribution in [0.2, 0.25) is 5.02 Å². The van der Waals surface area contributed by atoms with Crippen LogP contribution in [-0.2, 0) is 33.4 Å². The Morgan fingerprint density at radius 2 is 1.62 bits per heavy atom. The summed E-state index contributed by atoms with van der Waals surface area (Å²) in [4.78, 5) is 90.5. The molecule has 20 heteroatoms. The van der Waals surface area contributed by atoms with Gasteiger partial charge in [0.1, 0.15) is 18.2 Å². The molecule has 4 aliphatic rings. The van der Waals surface area contributed by atoms with Crippen molar-refractivity contribution in [1.29, 1.82) is 0 Å². The van der Waals surface area contributed by atoms with Gasteiger partial charge in [-0.3, -0.25) is 39.0 Å². The number of ether oxygens (including phenoxy) is 3. The smallest absolute Gasteiger partial charge is 0.264 e. The van der Waals surface area contributed by atoms with Gasteiger partial charge in [0.15, 0.2) is 0 Å². The molecule has 0 spiro atoms. The number of halogens is 1. The lowest BCUT2D eigenvalue weighted by Gasteiger charge is -2.38. The third kappa shape index (κ3) is 11.6. The maximum absolute atomic E-state index is 14.0. The predicted octanol–water partition coefficient (Wildman–Crippen LogP) is 1.76. The summed E-state index contributed by atoms with van der Waals surface area (Å²) in [5, 5.41) is 22.6. The highest BCUT2D eigenvalue weighted by atomic mass is 35.5. The molecule has 348 valence electrons. The normalized spacial score (nSPS) is 19.9. The van der Waals surface area contributed by atoms with Gasteiger partial charge < -0.3 is 45.1 Å². The topological polar surface area (TPSA) is 234 Å². The molecule has 0 radical (unpaired) electrons. The van der Waals surface area contributed by atoms with Crippen molar-refractivity contribution in [3.8, 4) is 0 Å². The lowest BCUT2D eigenvalue weighted by atomic mass is 9.97. The van der Waals surface area contributed by atoms with Gasteiger partial charge in [-0.25, -0.2) is 9.97 Å². The maximum Gasteiger partial charge on any atom is 0.264 e. The molecule has 3 aliphatic heterocycles. The molecular formula is C45H56ClN9O10. The fourth-order valence-corrected chi connectivity index (χ4v) is 8.73. The minimum Gasteiger partial charge on any atom is -0.387 e. The van der Waals surface area contributed by atoms with Crippen molar-refractivity contribution in [2.45, 2.75) is 56.6 Å². The summed E-state index contributed by atoms with van der Waals surface area (Å²) in [5.74, 6) is -1.83. The minimum absolute atomic E-state index is 0.0108. The first-order valence-electron chi connectivity index (χ1n) is 22.1. The summed E-state index contributed by atoms with van der Waals surface area (Å²) in [5.41, 5.74) is 3.39. The zero-order valence-electron chi connectivity index (χ0n) is 36.4. The van der Waals surface area contributed by atoms with Crippen LogP contribution in [0.25, 0.3) is 0 Å². The van der Waals surface area contributed by atoms with Gasteiger partial charge in [-0.15, -0.1) is 0 Å². The molecule has 2 fully saturated rings. The number of carbonyl (C=O) groups excluding carboxylic acids is 6. The molecule has 7 rings (SSSR count). The average Bonchev–Trinajstić information content (AvgIpc) is 3.74. The number of carbonyl (C=O) groups is 6. The largest absolute Gasteiger partial charge is 0.387 e. The molecule has 4 heterocycles. The molecule has 19 nitrogen and oxygen atoms in total. The van der Waals surface area contributed by atoms with Crippen LogP contribution >= 0.6 is 11.6 Å². The van der Waals surface area contributed by atoms with Gasteiger partial charge in [-0.05, 0) is 48.6 Å². The van der Waals surface area contributed by atoms with E-state index in [1.807, 2.05) is 17.0 Å². The molecule has 4 atom stereocenters. The van der Waals surface area contributed by atoms with Crippen LogP contribution in [0.5, 0.6) is 0 Å². The molecule has 1 aliphatic carbocycles. The highest BCUT2D eigenvalue weighted by Crippen LogP contribution is 2.43. The number of hydrogen-bond donors (Lipinski definition) is 5. The van der Waals surface area contributed by atoms with Gasteiger partial charge in [-0.1, -0.05) is 36.7 Å². The summed E-state index contributed by atoms with van der Waals surface area (Å²) in [7, 11) is 0. The minimum atomic E-state index is -1.03. The van der Waals surface area contributed by atoms with Crippen LogP contribution < -0.4 is 26.2 Å². The SMILES string of the molecule is C[C@@H]1C[C@@H](O)c2ncnc(N3CCN(C(=O)C(CNCCNC(=O)CCOCCOCCOCCNc4cccc5c4C(=O)N(C4CCC(=O)NC4=O)C5=O)c4ccc(Cl)cc4)CC3)c21. The van der Waals surface area contributed by atoms with Crippen molar-refractivity contribution in [3.63, 3.8) is 0 Å². The Hall–Kier alpha value is -5.57. The molecule has 2 unspecified atom stereocenters.